The maximum Gasteiger partial charge on any atom is 0.407 e. The number of amides is 1. The number of alkyl carbamates (subject to hydrolysis) is 1. The van der Waals surface area contributed by atoms with Crippen LogP contribution in [0.25, 0.3) is 0 Å². The molecule has 0 aromatic heterocycles. The summed E-state index contributed by atoms with van der Waals surface area (Å²) in [7, 11) is 0. The van der Waals surface area contributed by atoms with Gasteiger partial charge in [0.1, 0.15) is 24.7 Å². The third-order valence-corrected chi connectivity index (χ3v) is 5.46. The molecule has 2 rings (SSSR count). The lowest BCUT2D eigenvalue weighted by molar-refractivity contribution is -0.139. The molecule has 9 nitrogen and oxygen atoms in total. The lowest BCUT2D eigenvalue weighted by Gasteiger charge is -2.19. The first kappa shape index (κ1) is 31.9. The highest BCUT2D eigenvalue weighted by Gasteiger charge is 2.17. The molecule has 0 heterocycles. The molecule has 1 N–H and O–H groups in total. The second kappa shape index (κ2) is 18.1. The fourth-order valence-electron chi connectivity index (χ4n) is 3.22. The van der Waals surface area contributed by atoms with Gasteiger partial charge in [0.25, 0.3) is 0 Å². The van der Waals surface area contributed by atoms with Gasteiger partial charge in [-0.25, -0.2) is 14.4 Å². The number of hydrogen-bond acceptors (Lipinski definition) is 8. The van der Waals surface area contributed by atoms with Gasteiger partial charge in [0.05, 0.1) is 13.2 Å². The second-order valence-corrected chi connectivity index (χ2v) is 9.18. The lowest BCUT2D eigenvalue weighted by Crippen LogP contribution is -2.36. The van der Waals surface area contributed by atoms with E-state index in [1.54, 1.807) is 26.0 Å². The Balaban J connectivity index is 1.78. The second-order valence-electron chi connectivity index (χ2n) is 9.18. The molecule has 1 amide bonds. The van der Waals surface area contributed by atoms with Gasteiger partial charge in [-0.3, -0.25) is 0 Å². The van der Waals surface area contributed by atoms with Crippen molar-refractivity contribution in [1.29, 1.82) is 0 Å². The Morgan fingerprint density at radius 2 is 1.32 bits per heavy atom. The molecule has 0 saturated heterocycles. The molecule has 9 heteroatoms. The van der Waals surface area contributed by atoms with Crippen LogP contribution >= 0.6 is 0 Å². The summed E-state index contributed by atoms with van der Waals surface area (Å²) in [6, 6.07) is 16.6. The first-order chi connectivity index (χ1) is 19.2. The normalized spacial score (nSPS) is 11.1. The minimum Gasteiger partial charge on any atom is -0.490 e. The Kier molecular flexibility index (Phi) is 14.5. The number of nitrogens with one attached hydrogen (secondary N) is 1. The molecule has 0 fully saturated rings. The van der Waals surface area contributed by atoms with Crippen LogP contribution in [-0.2, 0) is 30.2 Å². The van der Waals surface area contributed by atoms with E-state index in [1.165, 1.54) is 0 Å². The van der Waals surface area contributed by atoms with Gasteiger partial charge in [-0.15, -0.1) is 0 Å². The van der Waals surface area contributed by atoms with E-state index in [2.05, 4.69) is 18.5 Å². The van der Waals surface area contributed by atoms with E-state index in [4.69, 9.17) is 23.7 Å². The standard InChI is InChI=1S/C31H39NO8/c1-23(2)29(33)36-19-10-6-9-18-32-31(35)40-28(21-38-26-11-7-5-8-12-26)22-39-27-15-13-25(14-16-27)17-20-37-30(34)24(3)4/h5,7-8,11-16,28H,1,3,6,9-10,17-22H2,2,4H3,(H,32,35). The van der Waals surface area contributed by atoms with Crippen LogP contribution in [0.5, 0.6) is 11.5 Å². The third-order valence-electron chi connectivity index (χ3n) is 5.46. The average Bonchev–Trinajstić information content (AvgIpc) is 2.94. The number of rotatable bonds is 18. The number of benzene rings is 2. The third kappa shape index (κ3) is 13.5. The van der Waals surface area contributed by atoms with Gasteiger partial charge in [0.15, 0.2) is 6.10 Å². The maximum absolute atomic E-state index is 12.4. The van der Waals surface area contributed by atoms with Crippen LogP contribution in [0.4, 0.5) is 4.79 Å². The van der Waals surface area contributed by atoms with Gasteiger partial charge in [-0.1, -0.05) is 43.5 Å². The van der Waals surface area contributed by atoms with E-state index in [0.717, 1.165) is 12.0 Å². The minimum absolute atomic E-state index is 0.0872. The predicted molar refractivity (Wildman–Crippen MR) is 151 cm³/mol. The Morgan fingerprint density at radius 1 is 0.750 bits per heavy atom. The molecule has 1 atom stereocenters. The van der Waals surface area contributed by atoms with Crippen molar-refractivity contribution in [2.45, 2.75) is 45.6 Å². The van der Waals surface area contributed by atoms with Gasteiger partial charge in [-0.05, 0) is 62.9 Å². The van der Waals surface area contributed by atoms with Gasteiger partial charge in [0, 0.05) is 24.1 Å². The van der Waals surface area contributed by atoms with Crippen LogP contribution in [0, 0.1) is 0 Å². The first-order valence-electron chi connectivity index (χ1n) is 13.2. The fraction of sp³-hybridized carbons (Fsp3) is 0.387. The van der Waals surface area contributed by atoms with E-state index in [0.29, 0.717) is 55.1 Å². The van der Waals surface area contributed by atoms with Crippen LogP contribution in [0.1, 0.15) is 38.7 Å². The topological polar surface area (TPSA) is 109 Å². The highest BCUT2D eigenvalue weighted by molar-refractivity contribution is 5.87. The van der Waals surface area contributed by atoms with Crippen LogP contribution in [0.3, 0.4) is 0 Å². The van der Waals surface area contributed by atoms with Crippen LogP contribution in [-0.4, -0.2) is 57.1 Å². The molecule has 1 unspecified atom stereocenters. The number of ether oxygens (including phenoxy) is 5. The summed E-state index contributed by atoms with van der Waals surface area (Å²) in [6.07, 6.45) is 1.51. The van der Waals surface area contributed by atoms with Crippen molar-refractivity contribution >= 4 is 18.0 Å². The quantitative estimate of drug-likeness (QED) is 0.116. The molecule has 2 aromatic rings. The zero-order chi connectivity index (χ0) is 29.2. The molecule has 0 aliphatic heterocycles. The molecular formula is C31H39NO8. The Morgan fingerprint density at radius 3 is 1.93 bits per heavy atom. The summed E-state index contributed by atoms with van der Waals surface area (Å²) in [4.78, 5) is 35.3. The molecule has 0 bridgehead atoms. The van der Waals surface area contributed by atoms with Crippen molar-refractivity contribution in [1.82, 2.24) is 5.32 Å². The average molecular weight is 554 g/mol. The van der Waals surface area contributed by atoms with Crippen molar-refractivity contribution in [3.8, 4) is 11.5 Å². The van der Waals surface area contributed by atoms with Crippen LogP contribution < -0.4 is 14.8 Å². The number of esters is 2. The van der Waals surface area contributed by atoms with E-state index < -0.39 is 24.1 Å². The molecule has 0 radical (unpaired) electrons. The van der Waals surface area contributed by atoms with Gasteiger partial charge in [0.2, 0.25) is 0 Å². The SMILES string of the molecule is C=C(C)C(=O)OCCCCCNC(=O)OC(COc1ccccc1)COc1ccc(CCOC(=O)C(=C)C)cc1. The molecule has 0 spiro atoms. The number of para-hydroxylation sites is 1. The highest BCUT2D eigenvalue weighted by atomic mass is 16.6. The monoisotopic (exact) mass is 553 g/mol. The summed E-state index contributed by atoms with van der Waals surface area (Å²) < 4.78 is 27.4. The Bertz CT molecular complexity index is 1100. The number of hydrogen-bond donors (Lipinski definition) is 1. The number of unbranched alkanes of at least 4 members (excludes halogenated alkanes) is 2. The summed E-state index contributed by atoms with van der Waals surface area (Å²) in [5.74, 6) is 0.448. The van der Waals surface area contributed by atoms with E-state index in [1.807, 2.05) is 42.5 Å². The Hall–Kier alpha value is -4.27. The summed E-state index contributed by atoms with van der Waals surface area (Å²) in [6.45, 7) is 11.5. The summed E-state index contributed by atoms with van der Waals surface area (Å²) >= 11 is 0. The van der Waals surface area contributed by atoms with Crippen molar-refractivity contribution < 1.29 is 38.1 Å². The van der Waals surface area contributed by atoms with E-state index in [-0.39, 0.29) is 19.8 Å². The first-order valence-corrected chi connectivity index (χ1v) is 13.2. The number of carbonyl (C=O) groups is 3. The van der Waals surface area contributed by atoms with Crippen molar-refractivity contribution in [2.75, 3.05) is 33.0 Å². The van der Waals surface area contributed by atoms with Crippen molar-refractivity contribution in [3.05, 3.63) is 84.5 Å². The van der Waals surface area contributed by atoms with E-state index in [9.17, 15) is 14.4 Å². The summed E-state index contributed by atoms with van der Waals surface area (Å²) in [5.41, 5.74) is 1.72. The van der Waals surface area contributed by atoms with Crippen molar-refractivity contribution in [2.24, 2.45) is 0 Å². The molecule has 0 saturated carbocycles. The molecule has 2 aromatic carbocycles. The maximum atomic E-state index is 12.4. The molecule has 0 aliphatic rings. The molecular weight excluding hydrogens is 514 g/mol. The minimum atomic E-state index is -0.664. The van der Waals surface area contributed by atoms with Crippen LogP contribution in [0.15, 0.2) is 78.9 Å². The molecule has 216 valence electrons. The zero-order valence-electron chi connectivity index (χ0n) is 23.3. The van der Waals surface area contributed by atoms with Crippen LogP contribution in [0.2, 0.25) is 0 Å². The van der Waals surface area contributed by atoms with E-state index >= 15 is 0 Å². The molecule has 40 heavy (non-hydrogen) atoms. The summed E-state index contributed by atoms with van der Waals surface area (Å²) in [5, 5.41) is 2.73. The predicted octanol–water partition coefficient (Wildman–Crippen LogP) is 5.19. The fourth-order valence-corrected chi connectivity index (χ4v) is 3.22. The number of carbonyl (C=O) groups excluding carboxylic acids is 3. The van der Waals surface area contributed by atoms with Gasteiger partial charge < -0.3 is 29.0 Å². The largest absolute Gasteiger partial charge is 0.490 e. The molecule has 0 aliphatic carbocycles. The van der Waals surface area contributed by atoms with Gasteiger partial charge in [-0.2, -0.15) is 0 Å². The van der Waals surface area contributed by atoms with Crippen molar-refractivity contribution in [3.63, 3.8) is 0 Å². The zero-order valence-corrected chi connectivity index (χ0v) is 23.3. The Labute approximate surface area is 236 Å². The highest BCUT2D eigenvalue weighted by Crippen LogP contribution is 2.15. The van der Waals surface area contributed by atoms with Gasteiger partial charge >= 0.3 is 18.0 Å². The lowest BCUT2D eigenvalue weighted by atomic mass is 10.1. The smallest absolute Gasteiger partial charge is 0.407 e.